The van der Waals surface area contributed by atoms with Gasteiger partial charge in [-0.15, -0.1) is 12.4 Å². The van der Waals surface area contributed by atoms with Gasteiger partial charge < -0.3 is 15.6 Å². The SMILES string of the molecule is Cl.O=C(N[C@H]1CCCNC1)c1cc(=O)[nH]c2ccc(F)cc12. The number of hydrogen-bond donors (Lipinski definition) is 3. The molecule has 1 aromatic heterocycles. The zero-order valence-electron chi connectivity index (χ0n) is 11.8. The van der Waals surface area contributed by atoms with E-state index in [1.165, 1.54) is 24.3 Å². The van der Waals surface area contributed by atoms with E-state index in [1.54, 1.807) is 0 Å². The van der Waals surface area contributed by atoms with Crippen LogP contribution in [0.25, 0.3) is 10.9 Å². The molecule has 1 aliphatic heterocycles. The van der Waals surface area contributed by atoms with Crippen molar-refractivity contribution in [2.75, 3.05) is 13.1 Å². The fourth-order valence-electron chi connectivity index (χ4n) is 2.65. The summed E-state index contributed by atoms with van der Waals surface area (Å²) in [5.74, 6) is -0.784. The third-order valence-corrected chi connectivity index (χ3v) is 3.68. The first-order valence-electron chi connectivity index (χ1n) is 6.97. The van der Waals surface area contributed by atoms with Crippen LogP contribution in [0, 0.1) is 5.82 Å². The van der Waals surface area contributed by atoms with Crippen LogP contribution in [0.15, 0.2) is 29.1 Å². The lowest BCUT2D eigenvalue weighted by molar-refractivity contribution is 0.0932. The molecular formula is C15H17ClFN3O2. The number of pyridine rings is 1. The van der Waals surface area contributed by atoms with Crippen LogP contribution in [0.2, 0.25) is 0 Å². The first-order valence-corrected chi connectivity index (χ1v) is 6.97. The number of carbonyl (C=O) groups excluding carboxylic acids is 1. The Morgan fingerprint density at radius 2 is 2.14 bits per heavy atom. The summed E-state index contributed by atoms with van der Waals surface area (Å²) in [7, 11) is 0. The second-order valence-electron chi connectivity index (χ2n) is 5.25. The van der Waals surface area contributed by atoms with E-state index in [4.69, 9.17) is 0 Å². The monoisotopic (exact) mass is 325 g/mol. The van der Waals surface area contributed by atoms with E-state index in [-0.39, 0.29) is 35.5 Å². The summed E-state index contributed by atoms with van der Waals surface area (Å²) < 4.78 is 13.4. The Bertz CT molecular complexity index is 741. The zero-order chi connectivity index (χ0) is 14.8. The predicted octanol–water partition coefficient (Wildman–Crippen LogP) is 1.57. The molecule has 22 heavy (non-hydrogen) atoms. The van der Waals surface area contributed by atoms with Crippen molar-refractivity contribution in [3.63, 3.8) is 0 Å². The quantitative estimate of drug-likeness (QED) is 0.784. The van der Waals surface area contributed by atoms with Gasteiger partial charge in [0.15, 0.2) is 0 Å². The molecule has 2 heterocycles. The van der Waals surface area contributed by atoms with E-state index in [2.05, 4.69) is 15.6 Å². The van der Waals surface area contributed by atoms with Gasteiger partial charge in [0.05, 0.1) is 5.56 Å². The Labute approximate surface area is 132 Å². The maximum absolute atomic E-state index is 13.4. The number of fused-ring (bicyclic) bond motifs is 1. The molecule has 0 unspecified atom stereocenters. The Balaban J connectivity index is 0.00000176. The van der Waals surface area contributed by atoms with E-state index in [0.29, 0.717) is 17.4 Å². The number of aromatic amines is 1. The summed E-state index contributed by atoms with van der Waals surface area (Å²) in [6.45, 7) is 1.66. The van der Waals surface area contributed by atoms with Crippen LogP contribution >= 0.6 is 12.4 Å². The van der Waals surface area contributed by atoms with Crippen LogP contribution in [0.1, 0.15) is 23.2 Å². The lowest BCUT2D eigenvalue weighted by atomic mass is 10.1. The number of benzene rings is 1. The standard InChI is InChI=1S/C15H16FN3O2.ClH/c16-9-3-4-13-11(6-9)12(7-14(20)19-13)15(21)18-10-2-1-5-17-8-10;/h3-4,6-7,10,17H,1-2,5,8H2,(H,18,21)(H,19,20);1H/t10-;/m0./s1. The number of nitrogens with one attached hydrogen (secondary N) is 3. The van der Waals surface area contributed by atoms with Crippen molar-refractivity contribution in [3.05, 3.63) is 46.0 Å². The molecule has 0 spiro atoms. The number of aromatic nitrogens is 1. The molecule has 0 radical (unpaired) electrons. The minimum Gasteiger partial charge on any atom is -0.348 e. The lowest BCUT2D eigenvalue weighted by Gasteiger charge is -2.24. The van der Waals surface area contributed by atoms with Crippen molar-refractivity contribution in [1.82, 2.24) is 15.6 Å². The first kappa shape index (κ1) is 16.5. The maximum atomic E-state index is 13.4. The van der Waals surface area contributed by atoms with E-state index in [9.17, 15) is 14.0 Å². The molecule has 1 saturated heterocycles. The van der Waals surface area contributed by atoms with E-state index < -0.39 is 5.82 Å². The highest BCUT2D eigenvalue weighted by atomic mass is 35.5. The summed E-state index contributed by atoms with van der Waals surface area (Å²) in [6.07, 6.45) is 1.89. The highest BCUT2D eigenvalue weighted by Gasteiger charge is 2.18. The van der Waals surface area contributed by atoms with Gasteiger partial charge in [-0.3, -0.25) is 9.59 Å². The molecule has 1 fully saturated rings. The van der Waals surface area contributed by atoms with Crippen molar-refractivity contribution in [1.29, 1.82) is 0 Å². The highest BCUT2D eigenvalue weighted by Crippen LogP contribution is 2.17. The van der Waals surface area contributed by atoms with Gasteiger partial charge in [-0.1, -0.05) is 0 Å². The van der Waals surface area contributed by atoms with Crippen molar-refractivity contribution in [2.24, 2.45) is 0 Å². The van der Waals surface area contributed by atoms with Crippen LogP contribution in [-0.2, 0) is 0 Å². The van der Waals surface area contributed by atoms with Crippen LogP contribution in [0.3, 0.4) is 0 Å². The van der Waals surface area contributed by atoms with Gasteiger partial charge in [0.2, 0.25) is 5.56 Å². The van der Waals surface area contributed by atoms with Crippen molar-refractivity contribution in [3.8, 4) is 0 Å². The van der Waals surface area contributed by atoms with Gasteiger partial charge in [-0.05, 0) is 37.6 Å². The Hall–Kier alpha value is -1.92. The summed E-state index contributed by atoms with van der Waals surface area (Å²) in [5.41, 5.74) is 0.288. The number of rotatable bonds is 2. The third kappa shape index (κ3) is 3.45. The normalized spacial score (nSPS) is 17.8. The van der Waals surface area contributed by atoms with Gasteiger partial charge in [0.1, 0.15) is 5.82 Å². The van der Waals surface area contributed by atoms with E-state index >= 15 is 0 Å². The summed E-state index contributed by atoms with van der Waals surface area (Å²) in [4.78, 5) is 26.6. The fourth-order valence-corrected chi connectivity index (χ4v) is 2.65. The van der Waals surface area contributed by atoms with Gasteiger partial charge in [-0.2, -0.15) is 0 Å². The summed E-state index contributed by atoms with van der Waals surface area (Å²) in [5, 5.41) is 6.52. The maximum Gasteiger partial charge on any atom is 0.252 e. The van der Waals surface area contributed by atoms with Gasteiger partial charge >= 0.3 is 0 Å². The van der Waals surface area contributed by atoms with Gasteiger partial charge in [0.25, 0.3) is 5.91 Å². The highest BCUT2D eigenvalue weighted by molar-refractivity contribution is 6.06. The molecule has 5 nitrogen and oxygen atoms in total. The Morgan fingerprint density at radius 1 is 1.32 bits per heavy atom. The minimum absolute atomic E-state index is 0. The number of carbonyl (C=O) groups is 1. The molecule has 2 aromatic rings. The van der Waals surface area contributed by atoms with Crippen molar-refractivity contribution < 1.29 is 9.18 Å². The average molecular weight is 326 g/mol. The largest absolute Gasteiger partial charge is 0.348 e. The minimum atomic E-state index is -0.442. The molecular weight excluding hydrogens is 309 g/mol. The van der Waals surface area contributed by atoms with Crippen molar-refractivity contribution in [2.45, 2.75) is 18.9 Å². The molecule has 1 aliphatic rings. The summed E-state index contributed by atoms with van der Waals surface area (Å²) in [6, 6.07) is 5.23. The van der Waals surface area contributed by atoms with Crippen LogP contribution in [0.4, 0.5) is 4.39 Å². The van der Waals surface area contributed by atoms with E-state index in [1.807, 2.05) is 0 Å². The van der Waals surface area contributed by atoms with Crippen molar-refractivity contribution >= 4 is 29.2 Å². The molecule has 1 atom stereocenters. The third-order valence-electron chi connectivity index (χ3n) is 3.68. The number of amides is 1. The molecule has 0 saturated carbocycles. The summed E-state index contributed by atoms with van der Waals surface area (Å²) >= 11 is 0. The lowest BCUT2D eigenvalue weighted by Crippen LogP contribution is -2.45. The molecule has 0 aliphatic carbocycles. The molecule has 3 rings (SSSR count). The second-order valence-corrected chi connectivity index (χ2v) is 5.25. The number of hydrogen-bond acceptors (Lipinski definition) is 3. The van der Waals surface area contributed by atoms with Crippen LogP contribution < -0.4 is 16.2 Å². The fraction of sp³-hybridized carbons (Fsp3) is 0.333. The molecule has 0 bridgehead atoms. The Kier molecular flexibility index (Phi) is 5.15. The molecule has 118 valence electrons. The van der Waals surface area contributed by atoms with E-state index in [0.717, 1.165) is 19.4 Å². The smallest absolute Gasteiger partial charge is 0.252 e. The Morgan fingerprint density at radius 3 is 2.86 bits per heavy atom. The predicted molar refractivity (Wildman–Crippen MR) is 85.1 cm³/mol. The molecule has 7 heteroatoms. The van der Waals surface area contributed by atoms with Crippen LogP contribution in [-0.4, -0.2) is 30.0 Å². The number of H-pyrrole nitrogens is 1. The molecule has 3 N–H and O–H groups in total. The first-order chi connectivity index (χ1) is 10.1. The zero-order valence-corrected chi connectivity index (χ0v) is 12.6. The molecule has 1 aromatic carbocycles. The number of halogens is 2. The second kappa shape index (κ2) is 6.89. The van der Waals surface area contributed by atoms with Gasteiger partial charge in [-0.25, -0.2) is 4.39 Å². The van der Waals surface area contributed by atoms with Crippen LogP contribution in [0.5, 0.6) is 0 Å². The van der Waals surface area contributed by atoms with Gasteiger partial charge in [0, 0.05) is 29.6 Å². The molecule has 1 amide bonds. The number of piperidine rings is 1. The topological polar surface area (TPSA) is 74.0 Å². The average Bonchev–Trinajstić information content (AvgIpc) is 2.48.